The van der Waals surface area contributed by atoms with Gasteiger partial charge in [-0.15, -0.1) is 21.5 Å². The quantitative estimate of drug-likeness (QED) is 0.191. The number of aliphatic hydroxyl groups is 1. The van der Waals surface area contributed by atoms with Crippen molar-refractivity contribution in [1.29, 1.82) is 0 Å². The van der Waals surface area contributed by atoms with Crippen molar-refractivity contribution in [3.63, 3.8) is 0 Å². The first-order chi connectivity index (χ1) is 25.2. The van der Waals surface area contributed by atoms with Crippen LogP contribution in [0.4, 0.5) is 17.2 Å². The normalized spacial score (nSPS) is 18.8. The number of carbonyl (C=O) groups excluding carboxylic acids is 3. The molecule has 15 heteroatoms. The lowest BCUT2D eigenvalue weighted by atomic mass is 9.85. The van der Waals surface area contributed by atoms with Crippen LogP contribution in [0.2, 0.25) is 5.15 Å². The minimum absolute atomic E-state index is 0.00841. The van der Waals surface area contributed by atoms with Gasteiger partial charge in [-0.3, -0.25) is 14.4 Å². The Balaban J connectivity index is 1.11. The summed E-state index contributed by atoms with van der Waals surface area (Å²) in [6.45, 7) is 12.1. The minimum Gasteiger partial charge on any atom is -0.391 e. The van der Waals surface area contributed by atoms with Crippen molar-refractivity contribution in [3.8, 4) is 10.4 Å². The highest BCUT2D eigenvalue weighted by Crippen LogP contribution is 2.31. The molecule has 2 aliphatic rings. The number of aryl methyl sites for hydroxylation is 1. The fourth-order valence-corrected chi connectivity index (χ4v) is 7.85. The molecule has 6 rings (SSSR count). The van der Waals surface area contributed by atoms with Gasteiger partial charge in [-0.05, 0) is 48.6 Å². The maximum Gasteiger partial charge on any atom is 0.252 e. The number of nitrogens with two attached hydrogens (primary N) is 1. The van der Waals surface area contributed by atoms with E-state index in [2.05, 4.69) is 35.6 Å². The minimum atomic E-state index is -0.964. The van der Waals surface area contributed by atoms with Crippen LogP contribution in [0.1, 0.15) is 61.8 Å². The zero-order chi connectivity index (χ0) is 38.0. The molecule has 4 aromatic rings. The third kappa shape index (κ3) is 8.55. The Bertz CT molecular complexity index is 1960. The second kappa shape index (κ2) is 15.7. The van der Waals surface area contributed by atoms with E-state index in [0.717, 1.165) is 33.1 Å². The predicted molar refractivity (Wildman–Crippen MR) is 208 cm³/mol. The number of piperazine rings is 1. The van der Waals surface area contributed by atoms with Gasteiger partial charge in [0.15, 0.2) is 11.0 Å². The Morgan fingerprint density at radius 2 is 1.70 bits per heavy atom. The topological polar surface area (TPSA) is 170 Å². The second-order valence-corrected chi connectivity index (χ2v) is 16.0. The molecule has 0 spiro atoms. The number of aliphatic hydroxyl groups excluding tert-OH is 1. The number of β-amino-alcohol motifs (C(OH)–C–C–N with tert-alkyl or cyclic N) is 1. The molecular formula is C38H46ClN9O4S. The first-order valence-corrected chi connectivity index (χ1v) is 18.9. The molecule has 4 atom stereocenters. The Morgan fingerprint density at radius 1 is 1.00 bits per heavy atom. The van der Waals surface area contributed by atoms with Gasteiger partial charge >= 0.3 is 0 Å². The number of halogens is 1. The summed E-state index contributed by atoms with van der Waals surface area (Å²) in [6, 6.07) is 14.8. The van der Waals surface area contributed by atoms with Gasteiger partial charge in [-0.1, -0.05) is 62.7 Å². The summed E-state index contributed by atoms with van der Waals surface area (Å²) in [5.74, 6) is -0.867. The molecule has 2 aromatic heterocycles. The van der Waals surface area contributed by atoms with Gasteiger partial charge in [-0.2, -0.15) is 0 Å². The number of amides is 3. The third-order valence-corrected chi connectivity index (χ3v) is 11.1. The molecule has 2 saturated heterocycles. The smallest absolute Gasteiger partial charge is 0.252 e. The number of anilines is 3. The third-order valence-electron chi connectivity index (χ3n) is 9.90. The number of aromatic nitrogens is 3. The largest absolute Gasteiger partial charge is 0.391 e. The van der Waals surface area contributed by atoms with Crippen molar-refractivity contribution in [1.82, 2.24) is 30.7 Å². The summed E-state index contributed by atoms with van der Waals surface area (Å²) in [6.07, 6.45) is -0.769. The van der Waals surface area contributed by atoms with Crippen LogP contribution >= 0.6 is 22.9 Å². The first kappa shape index (κ1) is 38.0. The van der Waals surface area contributed by atoms with Crippen LogP contribution in [0, 0.1) is 12.3 Å². The van der Waals surface area contributed by atoms with Crippen molar-refractivity contribution in [2.75, 3.05) is 48.3 Å². The van der Waals surface area contributed by atoms with E-state index < -0.39 is 35.4 Å². The van der Waals surface area contributed by atoms with E-state index in [1.165, 1.54) is 4.90 Å². The highest BCUT2D eigenvalue weighted by molar-refractivity contribution is 7.13. The number of benzene rings is 2. The number of rotatable bonds is 9. The van der Waals surface area contributed by atoms with Crippen molar-refractivity contribution < 1.29 is 19.5 Å². The van der Waals surface area contributed by atoms with E-state index in [0.29, 0.717) is 37.6 Å². The molecule has 13 nitrogen and oxygen atoms in total. The molecular weight excluding hydrogens is 714 g/mol. The number of likely N-dealkylation sites (tertiary alicyclic amines) is 1. The van der Waals surface area contributed by atoms with Gasteiger partial charge in [0, 0.05) is 56.5 Å². The Morgan fingerprint density at radius 3 is 2.36 bits per heavy atom. The van der Waals surface area contributed by atoms with E-state index in [9.17, 15) is 19.5 Å². The highest BCUT2D eigenvalue weighted by atomic mass is 35.5. The maximum absolute atomic E-state index is 14.2. The average molecular weight is 760 g/mol. The Hall–Kier alpha value is -4.79. The van der Waals surface area contributed by atoms with Crippen molar-refractivity contribution in [3.05, 3.63) is 82.1 Å². The predicted octanol–water partition coefficient (Wildman–Crippen LogP) is 4.45. The zero-order valence-corrected chi connectivity index (χ0v) is 32.1. The van der Waals surface area contributed by atoms with Gasteiger partial charge in [0.25, 0.3) is 5.91 Å². The zero-order valence-electron chi connectivity index (χ0n) is 30.5. The summed E-state index contributed by atoms with van der Waals surface area (Å²) in [4.78, 5) is 52.8. The fourth-order valence-electron chi connectivity index (χ4n) is 6.90. The summed E-state index contributed by atoms with van der Waals surface area (Å²) in [5.41, 5.74) is 12.1. The van der Waals surface area contributed by atoms with Gasteiger partial charge in [-0.25, -0.2) is 4.98 Å². The second-order valence-electron chi connectivity index (χ2n) is 14.7. The molecule has 3 amide bonds. The lowest BCUT2D eigenvalue weighted by molar-refractivity contribution is -0.142. The van der Waals surface area contributed by atoms with Crippen LogP contribution in [0.15, 0.2) is 60.1 Å². The van der Waals surface area contributed by atoms with Crippen molar-refractivity contribution in [2.45, 2.75) is 65.3 Å². The van der Waals surface area contributed by atoms with Gasteiger partial charge in [0.2, 0.25) is 11.8 Å². The van der Waals surface area contributed by atoms with Crippen LogP contribution in [0.25, 0.3) is 10.4 Å². The average Bonchev–Trinajstić information content (AvgIpc) is 3.76. The summed E-state index contributed by atoms with van der Waals surface area (Å²) >= 11 is 7.64. The van der Waals surface area contributed by atoms with Gasteiger partial charge < -0.3 is 36.2 Å². The molecule has 4 heterocycles. The van der Waals surface area contributed by atoms with E-state index >= 15 is 0 Å². The van der Waals surface area contributed by atoms with E-state index in [1.807, 2.05) is 82.6 Å². The number of nitrogens with zero attached hydrogens (tertiary/aromatic N) is 6. The fraction of sp³-hybridized carbons (Fsp3) is 0.421. The number of hydrogen-bond donors (Lipinski definition) is 4. The molecule has 53 heavy (non-hydrogen) atoms. The van der Waals surface area contributed by atoms with Gasteiger partial charge in [0.1, 0.15) is 12.1 Å². The Kier molecular flexibility index (Phi) is 11.2. The number of nitrogen functional groups attached to an aromatic ring is 1. The molecule has 0 bridgehead atoms. The van der Waals surface area contributed by atoms with Crippen LogP contribution in [-0.4, -0.2) is 93.8 Å². The maximum atomic E-state index is 14.2. The van der Waals surface area contributed by atoms with Crippen LogP contribution < -0.4 is 26.2 Å². The molecule has 2 aliphatic heterocycles. The molecule has 0 radical (unpaired) electrons. The van der Waals surface area contributed by atoms with E-state index in [4.69, 9.17) is 17.3 Å². The number of carbonyl (C=O) groups is 3. The number of hydrogen-bond acceptors (Lipinski definition) is 11. The number of thiazole rings is 1. The molecule has 2 aromatic carbocycles. The highest BCUT2D eigenvalue weighted by Gasteiger charge is 2.45. The molecule has 0 saturated carbocycles. The van der Waals surface area contributed by atoms with Crippen LogP contribution in [-0.2, 0) is 9.59 Å². The standard InChI is InChI=1S/C38H46ClN9O4S/c1-22(24-9-11-25(12-10-24)32-23(2)41-21-53-32)42-36(51)30-18-28(49)20-48(30)37(52)33(38(3,4)5)43-35(50)26-7-6-8-27(17-26)46-13-15-47(16-14-46)29-19-31(39)44-45-34(29)40/h6-12,17,19,21-22,28,30,33,49H,13-16,18,20H2,1-5H3,(H2,40,45)(H,42,51)(H,43,50)/t22?,28-,30+,33?/m1/s1. The van der Waals surface area contributed by atoms with E-state index in [1.54, 1.807) is 23.5 Å². The Labute approximate surface area is 318 Å². The molecule has 0 aliphatic carbocycles. The SMILES string of the molecule is Cc1ncsc1-c1ccc(C(C)NC(=O)[C@@H]2C[C@@H](O)CN2C(=O)C(NC(=O)c2cccc(N3CCN(c4cc(Cl)nnc4N)CC3)c2)C(C)(C)C)cc1. The number of nitrogens with one attached hydrogen (secondary N) is 2. The first-order valence-electron chi connectivity index (χ1n) is 17.7. The molecule has 2 fully saturated rings. The molecule has 5 N–H and O–H groups in total. The van der Waals surface area contributed by atoms with E-state index in [-0.39, 0.29) is 30.1 Å². The van der Waals surface area contributed by atoms with Crippen molar-refractivity contribution >= 4 is 57.9 Å². The molecule has 2 unspecified atom stereocenters. The monoisotopic (exact) mass is 759 g/mol. The lowest BCUT2D eigenvalue weighted by Gasteiger charge is -2.37. The summed E-state index contributed by atoms with van der Waals surface area (Å²) in [5, 5.41) is 24.7. The van der Waals surface area contributed by atoms with Crippen LogP contribution in [0.5, 0.6) is 0 Å². The van der Waals surface area contributed by atoms with Crippen LogP contribution in [0.3, 0.4) is 0 Å². The summed E-state index contributed by atoms with van der Waals surface area (Å²) in [7, 11) is 0. The van der Waals surface area contributed by atoms with Crippen molar-refractivity contribution in [2.24, 2.45) is 5.41 Å². The molecule has 280 valence electrons. The lowest BCUT2D eigenvalue weighted by Crippen LogP contribution is -2.57. The van der Waals surface area contributed by atoms with Gasteiger partial charge in [0.05, 0.1) is 33.9 Å². The summed E-state index contributed by atoms with van der Waals surface area (Å²) < 4.78 is 0.